The number of nitro groups is 1. The Hall–Kier alpha value is -2.69. The number of benzene rings is 1. The van der Waals surface area contributed by atoms with Crippen LogP contribution in [-0.2, 0) is 15.0 Å². The van der Waals surface area contributed by atoms with E-state index in [-0.39, 0.29) is 12.4 Å². The highest BCUT2D eigenvalue weighted by Gasteiger charge is 2.47. The predicted molar refractivity (Wildman–Crippen MR) is 88.4 cm³/mol. The highest BCUT2D eigenvalue weighted by Crippen LogP contribution is 2.38. The number of alkyl halides is 2. The van der Waals surface area contributed by atoms with Crippen molar-refractivity contribution in [2.24, 2.45) is 4.99 Å². The number of hydrogen-bond acceptors (Lipinski definition) is 6. The third-order valence-corrected chi connectivity index (χ3v) is 3.53. The van der Waals surface area contributed by atoms with E-state index in [4.69, 9.17) is 9.47 Å². The molecule has 1 aliphatic rings. The third kappa shape index (κ3) is 4.73. The van der Waals surface area contributed by atoms with Crippen molar-refractivity contribution in [2.75, 3.05) is 13.2 Å². The molecule has 1 aliphatic heterocycles. The number of amidine groups is 1. The van der Waals surface area contributed by atoms with Gasteiger partial charge in [0, 0.05) is 17.7 Å². The summed E-state index contributed by atoms with van der Waals surface area (Å²) in [6.45, 7) is 3.78. The summed E-state index contributed by atoms with van der Waals surface area (Å²) in [5.74, 6) is -1.41. The average Bonchev–Trinajstić information content (AvgIpc) is 2.53. The maximum absolute atomic E-state index is 14.2. The fraction of sp³-hybridized carbons (Fsp3) is 0.500. The van der Waals surface area contributed by atoms with E-state index in [2.05, 4.69) is 10.3 Å². The van der Waals surface area contributed by atoms with Crippen molar-refractivity contribution in [1.82, 2.24) is 5.32 Å². The zero-order chi connectivity index (χ0) is 20.4. The molecular formula is C16H18F3N3O5. The Bertz CT molecular complexity index is 779. The monoisotopic (exact) mass is 389 g/mol. The zero-order valence-electron chi connectivity index (χ0n) is 14.8. The van der Waals surface area contributed by atoms with Gasteiger partial charge in [-0.1, -0.05) is 0 Å². The van der Waals surface area contributed by atoms with Gasteiger partial charge >= 0.3 is 6.09 Å². The molecule has 2 rings (SSSR count). The molecule has 1 N–H and O–H groups in total. The maximum Gasteiger partial charge on any atom is 0.413 e. The van der Waals surface area contributed by atoms with E-state index in [9.17, 15) is 28.1 Å². The molecule has 0 aromatic heterocycles. The second-order valence-electron chi connectivity index (χ2n) is 6.82. The number of nitrogens with zero attached hydrogens (tertiary/aromatic N) is 2. The van der Waals surface area contributed by atoms with Gasteiger partial charge in [0.25, 0.3) is 12.1 Å². The lowest BCUT2D eigenvalue weighted by Crippen LogP contribution is -2.48. The molecule has 148 valence electrons. The van der Waals surface area contributed by atoms with Gasteiger partial charge in [0.2, 0.25) is 0 Å². The summed E-state index contributed by atoms with van der Waals surface area (Å²) in [5.41, 5.74) is -4.66. The van der Waals surface area contributed by atoms with Crippen LogP contribution in [0.4, 0.5) is 23.7 Å². The number of alkyl carbamates (subject to hydrolysis) is 1. The Labute approximate surface area is 152 Å². The first-order chi connectivity index (χ1) is 12.4. The second kappa shape index (κ2) is 7.51. The van der Waals surface area contributed by atoms with Gasteiger partial charge in [0.15, 0.2) is 5.54 Å². The van der Waals surface area contributed by atoms with Crippen LogP contribution < -0.4 is 5.32 Å². The quantitative estimate of drug-likeness (QED) is 0.632. The minimum absolute atomic E-state index is 0.304. The number of carbonyl (C=O) groups excluding carboxylic acids is 1. The summed E-state index contributed by atoms with van der Waals surface area (Å²) < 4.78 is 52.1. The largest absolute Gasteiger partial charge is 0.444 e. The Morgan fingerprint density at radius 3 is 2.67 bits per heavy atom. The predicted octanol–water partition coefficient (Wildman–Crippen LogP) is 3.15. The van der Waals surface area contributed by atoms with E-state index in [0.717, 1.165) is 6.07 Å². The Morgan fingerprint density at radius 2 is 2.11 bits per heavy atom. The molecule has 0 radical (unpaired) electrons. The van der Waals surface area contributed by atoms with Crippen molar-refractivity contribution in [1.29, 1.82) is 0 Å². The summed E-state index contributed by atoms with van der Waals surface area (Å²) in [6, 6.07) is 2.25. The van der Waals surface area contributed by atoms with E-state index >= 15 is 0 Å². The van der Waals surface area contributed by atoms with Crippen LogP contribution in [0.5, 0.6) is 0 Å². The van der Waals surface area contributed by atoms with Gasteiger partial charge in [0.05, 0.1) is 11.5 Å². The van der Waals surface area contributed by atoms with Crippen molar-refractivity contribution in [2.45, 2.75) is 38.3 Å². The molecule has 0 saturated carbocycles. The van der Waals surface area contributed by atoms with Crippen molar-refractivity contribution in [3.05, 3.63) is 39.7 Å². The van der Waals surface area contributed by atoms with Crippen LogP contribution in [0.25, 0.3) is 0 Å². The number of rotatable bonds is 3. The number of non-ortho nitro benzene ring substituents is 1. The fourth-order valence-electron chi connectivity index (χ4n) is 2.42. The van der Waals surface area contributed by atoms with Crippen molar-refractivity contribution in [3.8, 4) is 0 Å². The molecule has 0 fully saturated rings. The molecule has 0 unspecified atom stereocenters. The Kier molecular flexibility index (Phi) is 5.73. The van der Waals surface area contributed by atoms with E-state index in [1.54, 1.807) is 20.8 Å². The van der Waals surface area contributed by atoms with Crippen LogP contribution in [0.1, 0.15) is 26.3 Å². The number of aliphatic imine (C=N–C) groups is 1. The van der Waals surface area contributed by atoms with Crippen LogP contribution >= 0.6 is 0 Å². The van der Waals surface area contributed by atoms with Gasteiger partial charge in [-0.15, -0.1) is 0 Å². The lowest BCUT2D eigenvalue weighted by Gasteiger charge is -2.34. The molecule has 1 amide bonds. The van der Waals surface area contributed by atoms with Gasteiger partial charge in [-0.25, -0.2) is 23.0 Å². The third-order valence-electron chi connectivity index (χ3n) is 3.53. The smallest absolute Gasteiger partial charge is 0.413 e. The number of nitrogens with one attached hydrogen (secondary N) is 1. The number of ether oxygens (including phenoxy) is 2. The molecule has 0 spiro atoms. The van der Waals surface area contributed by atoms with Crippen molar-refractivity contribution >= 4 is 17.6 Å². The molecule has 0 aliphatic carbocycles. The molecular weight excluding hydrogens is 371 g/mol. The minimum Gasteiger partial charge on any atom is -0.444 e. The first-order valence-corrected chi connectivity index (χ1v) is 7.83. The number of nitro benzene ring substituents is 1. The molecule has 11 heteroatoms. The Morgan fingerprint density at radius 1 is 1.44 bits per heavy atom. The summed E-state index contributed by atoms with van der Waals surface area (Å²) in [6.07, 6.45) is -4.21. The van der Waals surface area contributed by atoms with Gasteiger partial charge in [0.1, 0.15) is 23.9 Å². The molecule has 1 atom stereocenters. The molecule has 0 bridgehead atoms. The number of amides is 1. The average molecular weight is 389 g/mol. The normalized spacial score (nSPS) is 20.2. The number of carbonyl (C=O) groups is 1. The minimum atomic E-state index is -3.26. The first kappa shape index (κ1) is 20.6. The highest BCUT2D eigenvalue weighted by atomic mass is 19.3. The molecule has 1 heterocycles. The Balaban J connectivity index is 2.45. The number of hydrogen-bond donors (Lipinski definition) is 1. The van der Waals surface area contributed by atoms with E-state index < -0.39 is 52.3 Å². The van der Waals surface area contributed by atoms with Crippen LogP contribution in [0.2, 0.25) is 0 Å². The van der Waals surface area contributed by atoms with Gasteiger partial charge < -0.3 is 9.47 Å². The number of halogens is 3. The molecule has 8 nitrogen and oxygen atoms in total. The summed E-state index contributed by atoms with van der Waals surface area (Å²) in [7, 11) is 0. The fourth-order valence-corrected chi connectivity index (χ4v) is 2.42. The summed E-state index contributed by atoms with van der Waals surface area (Å²) in [5, 5.41) is 13.1. The lowest BCUT2D eigenvalue weighted by molar-refractivity contribution is -0.385. The molecule has 0 saturated heterocycles. The second-order valence-corrected chi connectivity index (χ2v) is 6.82. The zero-order valence-corrected chi connectivity index (χ0v) is 14.8. The van der Waals surface area contributed by atoms with Crippen LogP contribution in [0.3, 0.4) is 0 Å². The molecule has 1 aromatic rings. The summed E-state index contributed by atoms with van der Waals surface area (Å²) >= 11 is 0. The standard InChI is InChI=1S/C16H18F3N3O5/c1-15(2,3)27-14(23)20-12-7-26-8-16(21-12,13(18)19)10-6-9(22(24)25)4-5-11(10)17/h4-6,13H,7-8H2,1-3H3,(H,20,21,23)/t16-/m0/s1. The lowest BCUT2D eigenvalue weighted by atomic mass is 9.90. The van der Waals surface area contributed by atoms with Crippen LogP contribution in [-0.4, -0.2) is 42.1 Å². The van der Waals surface area contributed by atoms with E-state index in [1.807, 2.05) is 0 Å². The van der Waals surface area contributed by atoms with Crippen molar-refractivity contribution in [3.63, 3.8) is 0 Å². The topological polar surface area (TPSA) is 103 Å². The van der Waals surface area contributed by atoms with Gasteiger partial charge in [-0.05, 0) is 26.8 Å². The maximum atomic E-state index is 14.2. The first-order valence-electron chi connectivity index (χ1n) is 7.83. The van der Waals surface area contributed by atoms with Gasteiger partial charge in [-0.2, -0.15) is 0 Å². The van der Waals surface area contributed by atoms with Crippen LogP contribution in [0, 0.1) is 15.9 Å². The van der Waals surface area contributed by atoms with Crippen molar-refractivity contribution < 1.29 is 32.4 Å². The molecule has 27 heavy (non-hydrogen) atoms. The SMILES string of the molecule is CC(C)(C)OC(=O)NC1=N[C@@](c2cc([N+](=O)[O-])ccc2F)(C(F)F)COC1. The van der Waals surface area contributed by atoms with Gasteiger partial charge in [-0.3, -0.25) is 15.4 Å². The van der Waals surface area contributed by atoms with E-state index in [1.165, 1.54) is 0 Å². The summed E-state index contributed by atoms with van der Waals surface area (Å²) in [4.78, 5) is 25.7. The van der Waals surface area contributed by atoms with E-state index in [0.29, 0.717) is 12.1 Å². The highest BCUT2D eigenvalue weighted by molar-refractivity contribution is 5.96. The van der Waals surface area contributed by atoms with Crippen LogP contribution in [0.15, 0.2) is 23.2 Å². The molecule has 1 aromatic carbocycles.